The van der Waals surface area contributed by atoms with Gasteiger partial charge in [-0.3, -0.25) is 0 Å². The monoisotopic (exact) mass is 674 g/mol. The van der Waals surface area contributed by atoms with Gasteiger partial charge in [0.05, 0.1) is 8.95 Å². The zero-order chi connectivity index (χ0) is 21.8. The maximum atomic E-state index is 5.99. The van der Waals surface area contributed by atoms with E-state index in [1.807, 2.05) is 12.1 Å². The first kappa shape index (κ1) is 25.6. The van der Waals surface area contributed by atoms with Crippen LogP contribution in [0.3, 0.4) is 0 Å². The molecule has 0 spiro atoms. The Morgan fingerprint density at radius 3 is 1.41 bits per heavy atom. The number of hydrogen-bond donors (Lipinski definition) is 0. The largest absolute Gasteiger partial charge is 0.466 e. The molecule has 0 radical (unpaired) electrons. The van der Waals surface area contributed by atoms with Crippen LogP contribution < -0.4 is 20.1 Å². The van der Waals surface area contributed by atoms with E-state index in [1.165, 1.54) is 0 Å². The lowest BCUT2D eigenvalue weighted by Crippen LogP contribution is -2.29. The lowest BCUT2D eigenvalue weighted by atomic mass is 10.2. The van der Waals surface area contributed by atoms with Crippen LogP contribution in [0.25, 0.3) is 0 Å². The zero-order valence-electron chi connectivity index (χ0n) is 16.8. The Balaban J connectivity index is 2.79. The SMILES string of the molecule is COCOc1c(Br)cc(Br)cc1P(c1cc(Br)cc(Br)c1OCOC)C(C)(C)C. The number of benzene rings is 2. The summed E-state index contributed by atoms with van der Waals surface area (Å²) in [5, 5.41) is 2.07. The molecule has 0 aliphatic carbocycles. The van der Waals surface area contributed by atoms with Gasteiger partial charge in [0, 0.05) is 33.8 Å². The average Bonchev–Trinajstić information content (AvgIpc) is 2.59. The topological polar surface area (TPSA) is 36.9 Å². The average molecular weight is 678 g/mol. The highest BCUT2D eigenvalue weighted by Crippen LogP contribution is 2.54. The second-order valence-corrected chi connectivity index (χ2v) is 13.6. The summed E-state index contributed by atoms with van der Waals surface area (Å²) >= 11 is 14.6. The first-order valence-electron chi connectivity index (χ1n) is 8.62. The summed E-state index contributed by atoms with van der Waals surface area (Å²) in [4.78, 5) is 0. The molecule has 0 aromatic heterocycles. The summed E-state index contributed by atoms with van der Waals surface area (Å²) in [6.07, 6.45) is 0. The predicted octanol–water partition coefficient (Wildman–Crippen LogP) is 6.93. The smallest absolute Gasteiger partial charge is 0.188 e. The van der Waals surface area contributed by atoms with Gasteiger partial charge in [0.1, 0.15) is 11.5 Å². The Kier molecular flexibility index (Phi) is 9.93. The number of halogens is 4. The van der Waals surface area contributed by atoms with Crippen molar-refractivity contribution in [2.45, 2.75) is 25.9 Å². The summed E-state index contributed by atoms with van der Waals surface area (Å²) in [6.45, 7) is 7.00. The van der Waals surface area contributed by atoms with Crippen LogP contribution in [0.5, 0.6) is 11.5 Å². The van der Waals surface area contributed by atoms with E-state index in [2.05, 4.69) is 96.6 Å². The van der Waals surface area contributed by atoms with E-state index in [0.717, 1.165) is 40.0 Å². The van der Waals surface area contributed by atoms with E-state index in [-0.39, 0.29) is 18.7 Å². The first-order chi connectivity index (χ1) is 13.6. The van der Waals surface area contributed by atoms with Crippen molar-refractivity contribution in [2.24, 2.45) is 0 Å². The third-order valence-electron chi connectivity index (χ3n) is 3.77. The van der Waals surface area contributed by atoms with Crippen LogP contribution >= 0.6 is 71.6 Å². The minimum atomic E-state index is -0.913. The van der Waals surface area contributed by atoms with Crippen molar-refractivity contribution in [2.75, 3.05) is 27.8 Å². The third-order valence-corrected chi connectivity index (χ3v) is 8.84. The summed E-state index contributed by atoms with van der Waals surface area (Å²) in [5.74, 6) is 1.54. The lowest BCUT2D eigenvalue weighted by Gasteiger charge is -2.35. The van der Waals surface area contributed by atoms with Gasteiger partial charge in [-0.15, -0.1) is 0 Å². The molecule has 0 saturated carbocycles. The molecule has 160 valence electrons. The van der Waals surface area contributed by atoms with Crippen molar-refractivity contribution in [1.29, 1.82) is 0 Å². The lowest BCUT2D eigenvalue weighted by molar-refractivity contribution is 0.0513. The molecule has 0 aliphatic heterocycles. The van der Waals surface area contributed by atoms with Crippen LogP contribution in [-0.2, 0) is 9.47 Å². The quantitative estimate of drug-likeness (QED) is 0.224. The summed E-state index contributed by atoms with van der Waals surface area (Å²) in [5.41, 5.74) is 0. The molecular weight excluding hydrogens is 655 g/mol. The molecule has 2 aromatic carbocycles. The van der Waals surface area contributed by atoms with E-state index in [4.69, 9.17) is 18.9 Å². The number of ether oxygens (including phenoxy) is 4. The molecule has 29 heavy (non-hydrogen) atoms. The van der Waals surface area contributed by atoms with E-state index < -0.39 is 7.92 Å². The minimum absolute atomic E-state index is 0.0911. The van der Waals surface area contributed by atoms with Crippen molar-refractivity contribution in [3.8, 4) is 11.5 Å². The molecule has 0 fully saturated rings. The highest BCUT2D eigenvalue weighted by molar-refractivity contribution is 9.11. The highest BCUT2D eigenvalue weighted by atomic mass is 79.9. The van der Waals surface area contributed by atoms with Crippen LogP contribution in [0.2, 0.25) is 0 Å². The first-order valence-corrected chi connectivity index (χ1v) is 13.1. The molecule has 0 saturated heterocycles. The molecule has 0 aliphatic rings. The molecule has 2 rings (SSSR count). The van der Waals surface area contributed by atoms with Gasteiger partial charge < -0.3 is 18.9 Å². The Bertz CT molecular complexity index is 792. The van der Waals surface area contributed by atoms with Crippen LogP contribution in [0.15, 0.2) is 42.2 Å². The Morgan fingerprint density at radius 1 is 0.724 bits per heavy atom. The Hall–Kier alpha value is 0.310. The van der Waals surface area contributed by atoms with Crippen molar-refractivity contribution in [3.63, 3.8) is 0 Å². The summed E-state index contributed by atoms with van der Waals surface area (Å²) < 4.78 is 26.0. The molecule has 0 N–H and O–H groups in total. The van der Waals surface area contributed by atoms with E-state index in [1.54, 1.807) is 14.2 Å². The molecule has 0 unspecified atom stereocenters. The maximum absolute atomic E-state index is 5.99. The second-order valence-electron chi connectivity index (χ2n) is 7.08. The normalized spacial score (nSPS) is 11.8. The predicted molar refractivity (Wildman–Crippen MR) is 135 cm³/mol. The minimum Gasteiger partial charge on any atom is -0.466 e. The standard InChI is InChI=1S/C20H23Br4O4P/c1-20(2,3)29(16-8-12(21)6-14(23)18(16)27-10-25-4)17-9-13(22)7-15(24)19(17)28-11-26-5/h6-9H,10-11H2,1-5H3. The van der Waals surface area contributed by atoms with Crippen molar-refractivity contribution >= 4 is 82.3 Å². The van der Waals surface area contributed by atoms with E-state index >= 15 is 0 Å². The Morgan fingerprint density at radius 2 is 1.10 bits per heavy atom. The second kappa shape index (κ2) is 11.3. The third kappa shape index (κ3) is 6.64. The number of rotatable bonds is 8. The summed E-state index contributed by atoms with van der Waals surface area (Å²) in [6, 6.07) is 8.18. The van der Waals surface area contributed by atoms with Gasteiger partial charge in [0.25, 0.3) is 0 Å². The highest BCUT2D eigenvalue weighted by Gasteiger charge is 2.34. The number of methoxy groups -OCH3 is 2. The van der Waals surface area contributed by atoms with Gasteiger partial charge in [0.2, 0.25) is 0 Å². The molecule has 4 nitrogen and oxygen atoms in total. The van der Waals surface area contributed by atoms with E-state index in [9.17, 15) is 0 Å². The molecule has 0 amide bonds. The Labute approximate surface area is 207 Å². The van der Waals surface area contributed by atoms with Crippen molar-refractivity contribution in [3.05, 3.63) is 42.2 Å². The zero-order valence-corrected chi connectivity index (χ0v) is 24.1. The van der Waals surface area contributed by atoms with Crippen LogP contribution in [0.1, 0.15) is 20.8 Å². The van der Waals surface area contributed by atoms with Gasteiger partial charge in [-0.25, -0.2) is 0 Å². The fraction of sp³-hybridized carbons (Fsp3) is 0.400. The molecule has 0 bridgehead atoms. The fourth-order valence-corrected chi connectivity index (χ4v) is 9.16. The molecular formula is C20H23Br4O4P. The van der Waals surface area contributed by atoms with Crippen LogP contribution in [0.4, 0.5) is 0 Å². The van der Waals surface area contributed by atoms with Gasteiger partial charge in [-0.2, -0.15) is 0 Å². The van der Waals surface area contributed by atoms with Crippen molar-refractivity contribution < 1.29 is 18.9 Å². The maximum Gasteiger partial charge on any atom is 0.188 e. The molecule has 0 heterocycles. The van der Waals surface area contributed by atoms with E-state index in [0.29, 0.717) is 0 Å². The van der Waals surface area contributed by atoms with Crippen LogP contribution in [-0.4, -0.2) is 33.0 Å². The van der Waals surface area contributed by atoms with Gasteiger partial charge in [-0.05, 0) is 69.2 Å². The number of hydrogen-bond acceptors (Lipinski definition) is 4. The molecule has 0 atom stereocenters. The van der Waals surface area contributed by atoms with Gasteiger partial charge >= 0.3 is 0 Å². The molecule has 9 heteroatoms. The van der Waals surface area contributed by atoms with Crippen molar-refractivity contribution in [1.82, 2.24) is 0 Å². The van der Waals surface area contributed by atoms with Crippen LogP contribution in [0, 0.1) is 0 Å². The molecule has 2 aromatic rings. The summed E-state index contributed by atoms with van der Waals surface area (Å²) in [7, 11) is 2.31. The van der Waals surface area contributed by atoms with Gasteiger partial charge in [0.15, 0.2) is 13.6 Å². The fourth-order valence-electron chi connectivity index (χ4n) is 2.80. The van der Waals surface area contributed by atoms with Gasteiger partial charge in [-0.1, -0.05) is 52.6 Å².